The Morgan fingerprint density at radius 1 is 0.862 bits per heavy atom. The monoisotopic (exact) mass is 391 g/mol. The van der Waals surface area contributed by atoms with Crippen LogP contribution in [0.1, 0.15) is 5.56 Å². The maximum Gasteiger partial charge on any atom is 0.355 e. The molecule has 148 valence electrons. The van der Waals surface area contributed by atoms with Crippen LogP contribution in [0.5, 0.6) is 11.5 Å². The van der Waals surface area contributed by atoms with Crippen molar-refractivity contribution in [3.63, 3.8) is 0 Å². The molecule has 29 heavy (non-hydrogen) atoms. The van der Waals surface area contributed by atoms with Crippen molar-refractivity contribution in [2.24, 2.45) is 0 Å². The third kappa shape index (κ3) is 4.21. The van der Waals surface area contributed by atoms with Crippen molar-refractivity contribution in [1.29, 1.82) is 0 Å². The molecule has 2 aromatic rings. The molecule has 0 fully saturated rings. The fourth-order valence-electron chi connectivity index (χ4n) is 2.98. The summed E-state index contributed by atoms with van der Waals surface area (Å²) in [7, 11) is 2.53. The van der Waals surface area contributed by atoms with E-state index in [9.17, 15) is 9.59 Å². The van der Waals surface area contributed by atoms with Crippen LogP contribution < -0.4 is 9.64 Å². The van der Waals surface area contributed by atoms with Gasteiger partial charge in [0.1, 0.15) is 11.4 Å². The number of allylic oxidation sites excluding steroid dienone is 2. The van der Waals surface area contributed by atoms with Gasteiger partial charge in [0.05, 0.1) is 25.5 Å². The highest BCUT2D eigenvalue weighted by Gasteiger charge is 2.29. The summed E-state index contributed by atoms with van der Waals surface area (Å²) in [6.45, 7) is 1.89. The zero-order valence-electron chi connectivity index (χ0n) is 16.4. The van der Waals surface area contributed by atoms with Crippen molar-refractivity contribution < 1.29 is 23.8 Å². The first-order chi connectivity index (χ1) is 14.1. The number of rotatable bonds is 5. The molecule has 1 aliphatic rings. The molecule has 0 atom stereocenters. The van der Waals surface area contributed by atoms with E-state index in [4.69, 9.17) is 14.2 Å². The number of carbonyl (C=O) groups excluding carboxylic acids is 2. The quantitative estimate of drug-likeness (QED) is 0.709. The van der Waals surface area contributed by atoms with Gasteiger partial charge in [-0.3, -0.25) is 0 Å². The number of ether oxygens (including phenoxy) is 3. The minimum absolute atomic E-state index is 0.0385. The van der Waals surface area contributed by atoms with Crippen molar-refractivity contribution >= 4 is 17.6 Å². The van der Waals surface area contributed by atoms with Crippen LogP contribution in [0.4, 0.5) is 5.69 Å². The van der Waals surface area contributed by atoms with Crippen molar-refractivity contribution in [2.75, 3.05) is 19.1 Å². The Kier molecular flexibility index (Phi) is 6.14. The average Bonchev–Trinajstić information content (AvgIpc) is 2.96. The van der Waals surface area contributed by atoms with Crippen LogP contribution in [0.3, 0.4) is 0 Å². The molecule has 6 heteroatoms. The number of nitrogens with zero attached hydrogens (tertiary/aromatic N) is 1. The predicted octanol–water partition coefficient (Wildman–Crippen LogP) is 4.28. The Morgan fingerprint density at radius 2 is 1.59 bits per heavy atom. The number of esters is 2. The molecule has 0 N–H and O–H groups in total. The Hall–Kier alpha value is -3.80. The van der Waals surface area contributed by atoms with E-state index >= 15 is 0 Å². The van der Waals surface area contributed by atoms with Gasteiger partial charge in [0.25, 0.3) is 0 Å². The molecule has 0 saturated carbocycles. The highest BCUT2D eigenvalue weighted by atomic mass is 16.5. The van der Waals surface area contributed by atoms with E-state index in [1.165, 1.54) is 20.3 Å². The summed E-state index contributed by atoms with van der Waals surface area (Å²) in [5.74, 6) is -0.147. The topological polar surface area (TPSA) is 65.1 Å². The second kappa shape index (κ2) is 8.93. The molecule has 1 heterocycles. The summed E-state index contributed by atoms with van der Waals surface area (Å²) in [5.41, 5.74) is 1.57. The van der Waals surface area contributed by atoms with Crippen LogP contribution in [0.2, 0.25) is 0 Å². The van der Waals surface area contributed by atoms with Crippen LogP contribution in [0.25, 0.3) is 0 Å². The smallest absolute Gasteiger partial charge is 0.355 e. The van der Waals surface area contributed by atoms with Crippen LogP contribution in [0, 0.1) is 6.92 Å². The fourth-order valence-corrected chi connectivity index (χ4v) is 2.98. The molecular weight excluding hydrogens is 370 g/mol. The summed E-state index contributed by atoms with van der Waals surface area (Å²) in [6.07, 6.45) is 6.58. The lowest BCUT2D eigenvalue weighted by atomic mass is 10.1. The lowest BCUT2D eigenvalue weighted by molar-refractivity contribution is -0.139. The van der Waals surface area contributed by atoms with Crippen molar-refractivity contribution in [3.05, 3.63) is 89.8 Å². The van der Waals surface area contributed by atoms with E-state index in [0.717, 1.165) is 5.56 Å². The standard InChI is InChI=1S/C23H21NO5/c1-16-10-9-14-19(29-17-11-5-4-6-12-17)20(16)24-15-8-7-13-18(22(25)27-2)21(24)23(26)28-3/h4-15H,1-3H3. The first kappa shape index (κ1) is 19.9. The SMILES string of the molecule is COC(=O)C1=C(C(=O)OC)N(c2c(C)cccc2Oc2ccccc2)C=CC=C1. The van der Waals surface area contributed by atoms with Crippen molar-refractivity contribution in [1.82, 2.24) is 0 Å². The number of benzene rings is 2. The molecule has 0 amide bonds. The predicted molar refractivity (Wildman–Crippen MR) is 110 cm³/mol. The summed E-state index contributed by atoms with van der Waals surface area (Å²) in [5, 5.41) is 0. The van der Waals surface area contributed by atoms with Gasteiger partial charge in [-0.25, -0.2) is 9.59 Å². The summed E-state index contributed by atoms with van der Waals surface area (Å²) in [4.78, 5) is 26.6. The van der Waals surface area contributed by atoms with Gasteiger partial charge in [-0.1, -0.05) is 36.4 Å². The van der Waals surface area contributed by atoms with Crippen LogP contribution in [0.15, 0.2) is 84.2 Å². The molecule has 0 aliphatic carbocycles. The third-order valence-electron chi connectivity index (χ3n) is 4.30. The molecule has 0 spiro atoms. The van der Waals surface area contributed by atoms with E-state index < -0.39 is 11.9 Å². The van der Waals surface area contributed by atoms with E-state index in [1.807, 2.05) is 49.4 Å². The molecule has 2 aromatic carbocycles. The molecule has 3 rings (SSSR count). The summed E-state index contributed by atoms with van der Waals surface area (Å²) < 4.78 is 15.9. The van der Waals surface area contributed by atoms with Crippen LogP contribution in [-0.4, -0.2) is 26.2 Å². The average molecular weight is 391 g/mol. The van der Waals surface area contributed by atoms with Gasteiger partial charge < -0.3 is 19.1 Å². The van der Waals surface area contributed by atoms with Gasteiger partial charge in [-0.05, 0) is 42.8 Å². The number of carbonyl (C=O) groups is 2. The minimum atomic E-state index is -0.671. The Morgan fingerprint density at radius 3 is 2.28 bits per heavy atom. The van der Waals surface area contributed by atoms with Gasteiger partial charge >= 0.3 is 11.9 Å². The van der Waals surface area contributed by atoms with Gasteiger partial charge in [0, 0.05) is 6.20 Å². The van der Waals surface area contributed by atoms with Crippen molar-refractivity contribution in [3.8, 4) is 11.5 Å². The van der Waals surface area contributed by atoms with E-state index in [1.54, 1.807) is 29.3 Å². The number of aryl methyl sites for hydroxylation is 1. The highest BCUT2D eigenvalue weighted by molar-refractivity contribution is 6.05. The lowest BCUT2D eigenvalue weighted by Gasteiger charge is -2.26. The molecule has 0 aromatic heterocycles. The zero-order chi connectivity index (χ0) is 20.8. The van der Waals surface area contributed by atoms with Gasteiger partial charge in [-0.2, -0.15) is 0 Å². The maximum atomic E-state index is 12.7. The number of hydrogen-bond donors (Lipinski definition) is 0. The number of methoxy groups -OCH3 is 2. The summed E-state index contributed by atoms with van der Waals surface area (Å²) in [6, 6.07) is 14.9. The van der Waals surface area contributed by atoms with Gasteiger partial charge in [-0.15, -0.1) is 0 Å². The number of para-hydroxylation sites is 2. The first-order valence-electron chi connectivity index (χ1n) is 8.94. The second-order valence-electron chi connectivity index (χ2n) is 6.15. The fraction of sp³-hybridized carbons (Fsp3) is 0.130. The van der Waals surface area contributed by atoms with Crippen LogP contribution >= 0.6 is 0 Å². The first-order valence-corrected chi connectivity index (χ1v) is 8.94. The second-order valence-corrected chi connectivity index (χ2v) is 6.15. The lowest BCUT2D eigenvalue weighted by Crippen LogP contribution is -2.27. The summed E-state index contributed by atoms with van der Waals surface area (Å²) >= 11 is 0. The molecule has 6 nitrogen and oxygen atoms in total. The van der Waals surface area contributed by atoms with E-state index in [2.05, 4.69) is 0 Å². The van der Waals surface area contributed by atoms with Crippen molar-refractivity contribution in [2.45, 2.75) is 6.92 Å². The van der Waals surface area contributed by atoms with E-state index in [0.29, 0.717) is 17.2 Å². The molecule has 1 aliphatic heterocycles. The maximum absolute atomic E-state index is 12.7. The Bertz CT molecular complexity index is 1010. The third-order valence-corrected chi connectivity index (χ3v) is 4.30. The Labute approximate surface area is 169 Å². The van der Waals surface area contributed by atoms with Crippen LogP contribution in [-0.2, 0) is 19.1 Å². The highest BCUT2D eigenvalue weighted by Crippen LogP contribution is 2.38. The largest absolute Gasteiger partial charge is 0.465 e. The molecule has 0 unspecified atom stereocenters. The molecule has 0 radical (unpaired) electrons. The van der Waals surface area contributed by atoms with E-state index in [-0.39, 0.29) is 11.3 Å². The molecule has 0 saturated heterocycles. The normalized spacial score (nSPS) is 13.1. The molecule has 0 bridgehead atoms. The van der Waals surface area contributed by atoms with Gasteiger partial charge in [0.2, 0.25) is 0 Å². The Balaban J connectivity index is 2.19. The number of anilines is 1. The zero-order valence-corrected chi connectivity index (χ0v) is 16.4. The number of hydrogen-bond acceptors (Lipinski definition) is 6. The van der Waals surface area contributed by atoms with Gasteiger partial charge in [0.15, 0.2) is 5.75 Å². The minimum Gasteiger partial charge on any atom is -0.465 e. The molecular formula is C23H21NO5.